The summed E-state index contributed by atoms with van der Waals surface area (Å²) in [5, 5.41) is 3.39. The molecule has 1 rings (SSSR count). The Balaban J connectivity index is 2.94. The molecule has 2 heteroatoms. The number of nitrogens with one attached hydrogen (secondary N) is 1. The Morgan fingerprint density at radius 1 is 1.53 bits per heavy atom. The number of hydrogen-bond acceptors (Lipinski definition) is 2. The van der Waals surface area contributed by atoms with Crippen LogP contribution in [0.2, 0.25) is 0 Å². The van der Waals surface area contributed by atoms with Gasteiger partial charge in [-0.1, -0.05) is 31.2 Å². The SMILES string of the molecule is C=C(C)C(NCC)c1cccc(OC)c1. The topological polar surface area (TPSA) is 21.3 Å². The van der Waals surface area contributed by atoms with Crippen molar-refractivity contribution in [2.75, 3.05) is 13.7 Å². The first kappa shape index (κ1) is 11.8. The fourth-order valence-corrected chi connectivity index (χ4v) is 1.60. The van der Waals surface area contributed by atoms with Crippen molar-refractivity contribution in [3.8, 4) is 5.75 Å². The van der Waals surface area contributed by atoms with Crippen molar-refractivity contribution >= 4 is 0 Å². The summed E-state index contributed by atoms with van der Waals surface area (Å²) in [5.74, 6) is 0.886. The van der Waals surface area contributed by atoms with E-state index < -0.39 is 0 Å². The second-order valence-electron chi connectivity index (χ2n) is 3.61. The van der Waals surface area contributed by atoms with Gasteiger partial charge in [-0.3, -0.25) is 0 Å². The van der Waals surface area contributed by atoms with Gasteiger partial charge in [-0.25, -0.2) is 0 Å². The Morgan fingerprint density at radius 2 is 2.27 bits per heavy atom. The molecule has 1 aromatic carbocycles. The van der Waals surface area contributed by atoms with Crippen LogP contribution in [0, 0.1) is 0 Å². The highest BCUT2D eigenvalue weighted by Crippen LogP contribution is 2.23. The molecule has 0 heterocycles. The van der Waals surface area contributed by atoms with Crippen LogP contribution in [0.1, 0.15) is 25.5 Å². The number of methoxy groups -OCH3 is 1. The predicted molar refractivity (Wildman–Crippen MR) is 64.2 cm³/mol. The largest absolute Gasteiger partial charge is 0.497 e. The highest BCUT2D eigenvalue weighted by Gasteiger charge is 2.10. The first-order chi connectivity index (χ1) is 7.19. The molecule has 0 saturated heterocycles. The number of rotatable bonds is 5. The van der Waals surface area contributed by atoms with E-state index in [-0.39, 0.29) is 6.04 Å². The van der Waals surface area contributed by atoms with E-state index in [0.29, 0.717) is 0 Å². The van der Waals surface area contributed by atoms with Crippen molar-refractivity contribution in [3.05, 3.63) is 42.0 Å². The molecule has 1 N–H and O–H groups in total. The van der Waals surface area contributed by atoms with Crippen molar-refractivity contribution in [1.82, 2.24) is 5.32 Å². The standard InChI is InChI=1S/C13H19NO/c1-5-14-13(10(2)3)11-7-6-8-12(9-11)15-4/h6-9,13-14H,2,5H2,1,3-4H3. The lowest BCUT2D eigenvalue weighted by Crippen LogP contribution is -2.21. The van der Waals surface area contributed by atoms with E-state index in [1.807, 2.05) is 25.1 Å². The molecule has 15 heavy (non-hydrogen) atoms. The van der Waals surface area contributed by atoms with Crippen LogP contribution in [0.3, 0.4) is 0 Å². The van der Waals surface area contributed by atoms with Crippen molar-refractivity contribution in [3.63, 3.8) is 0 Å². The third kappa shape index (κ3) is 3.10. The van der Waals surface area contributed by atoms with Gasteiger partial charge in [0.25, 0.3) is 0 Å². The summed E-state index contributed by atoms with van der Waals surface area (Å²) in [6.45, 7) is 9.06. The van der Waals surface area contributed by atoms with E-state index in [1.165, 1.54) is 5.56 Å². The zero-order valence-electron chi connectivity index (χ0n) is 9.71. The molecule has 0 spiro atoms. The first-order valence-electron chi connectivity index (χ1n) is 5.21. The molecular weight excluding hydrogens is 186 g/mol. The minimum Gasteiger partial charge on any atom is -0.497 e. The maximum Gasteiger partial charge on any atom is 0.119 e. The van der Waals surface area contributed by atoms with Crippen LogP contribution in [-0.2, 0) is 0 Å². The molecule has 0 aliphatic rings. The van der Waals surface area contributed by atoms with Crippen LogP contribution in [-0.4, -0.2) is 13.7 Å². The number of likely N-dealkylation sites (N-methyl/N-ethyl adjacent to an activating group) is 1. The lowest BCUT2D eigenvalue weighted by Gasteiger charge is -2.18. The number of benzene rings is 1. The normalized spacial score (nSPS) is 12.2. The Hall–Kier alpha value is -1.28. The number of hydrogen-bond donors (Lipinski definition) is 1. The van der Waals surface area contributed by atoms with E-state index in [4.69, 9.17) is 4.74 Å². The zero-order valence-corrected chi connectivity index (χ0v) is 9.71. The molecule has 0 amide bonds. The van der Waals surface area contributed by atoms with E-state index in [0.717, 1.165) is 17.9 Å². The Bertz CT molecular complexity index is 333. The summed E-state index contributed by atoms with van der Waals surface area (Å²) in [5.41, 5.74) is 2.31. The highest BCUT2D eigenvalue weighted by atomic mass is 16.5. The molecule has 0 aliphatic heterocycles. The maximum absolute atomic E-state index is 5.21. The first-order valence-corrected chi connectivity index (χ1v) is 5.21. The number of ether oxygens (including phenoxy) is 1. The van der Waals surface area contributed by atoms with Crippen molar-refractivity contribution < 1.29 is 4.74 Å². The van der Waals surface area contributed by atoms with Gasteiger partial charge in [-0.15, -0.1) is 0 Å². The minimum absolute atomic E-state index is 0.213. The van der Waals surface area contributed by atoms with E-state index in [1.54, 1.807) is 7.11 Å². The van der Waals surface area contributed by atoms with Gasteiger partial charge in [-0.2, -0.15) is 0 Å². The summed E-state index contributed by atoms with van der Waals surface area (Å²) in [6.07, 6.45) is 0. The summed E-state index contributed by atoms with van der Waals surface area (Å²) < 4.78 is 5.21. The third-order valence-electron chi connectivity index (χ3n) is 2.33. The fraction of sp³-hybridized carbons (Fsp3) is 0.385. The van der Waals surface area contributed by atoms with Gasteiger partial charge >= 0.3 is 0 Å². The maximum atomic E-state index is 5.21. The van der Waals surface area contributed by atoms with Crippen LogP contribution in [0.25, 0.3) is 0 Å². The Labute approximate surface area is 92.0 Å². The van der Waals surface area contributed by atoms with Crippen LogP contribution in [0.5, 0.6) is 5.75 Å². The summed E-state index contributed by atoms with van der Waals surface area (Å²) in [7, 11) is 1.68. The van der Waals surface area contributed by atoms with Crippen molar-refractivity contribution in [2.24, 2.45) is 0 Å². The van der Waals surface area contributed by atoms with Gasteiger partial charge in [0.15, 0.2) is 0 Å². The molecule has 1 atom stereocenters. The highest BCUT2D eigenvalue weighted by molar-refractivity contribution is 5.33. The van der Waals surface area contributed by atoms with Gasteiger partial charge in [0, 0.05) is 0 Å². The lowest BCUT2D eigenvalue weighted by molar-refractivity contribution is 0.413. The summed E-state index contributed by atoms with van der Waals surface area (Å²) in [6, 6.07) is 8.30. The average Bonchev–Trinajstić information content (AvgIpc) is 2.25. The van der Waals surface area contributed by atoms with Crippen LogP contribution in [0.4, 0.5) is 0 Å². The van der Waals surface area contributed by atoms with Crippen LogP contribution < -0.4 is 10.1 Å². The average molecular weight is 205 g/mol. The summed E-state index contributed by atoms with van der Waals surface area (Å²) in [4.78, 5) is 0. The zero-order chi connectivity index (χ0) is 11.3. The molecule has 0 aromatic heterocycles. The molecular formula is C13H19NO. The van der Waals surface area contributed by atoms with E-state index >= 15 is 0 Å². The van der Waals surface area contributed by atoms with Gasteiger partial charge in [-0.05, 0) is 31.2 Å². The molecule has 0 fully saturated rings. The second-order valence-corrected chi connectivity index (χ2v) is 3.61. The Kier molecular flexibility index (Phi) is 4.37. The fourth-order valence-electron chi connectivity index (χ4n) is 1.60. The second kappa shape index (κ2) is 5.56. The van der Waals surface area contributed by atoms with Crippen LogP contribution >= 0.6 is 0 Å². The minimum atomic E-state index is 0.213. The van der Waals surface area contributed by atoms with Gasteiger partial charge in [0.05, 0.1) is 13.2 Å². The molecule has 2 nitrogen and oxygen atoms in total. The molecule has 1 unspecified atom stereocenters. The molecule has 0 aliphatic carbocycles. The van der Waals surface area contributed by atoms with Crippen LogP contribution in [0.15, 0.2) is 36.4 Å². The summed E-state index contributed by atoms with van der Waals surface area (Å²) >= 11 is 0. The predicted octanol–water partition coefficient (Wildman–Crippen LogP) is 2.92. The third-order valence-corrected chi connectivity index (χ3v) is 2.33. The quantitative estimate of drug-likeness (QED) is 0.746. The molecule has 82 valence electrons. The van der Waals surface area contributed by atoms with E-state index in [2.05, 4.69) is 24.9 Å². The molecule has 0 radical (unpaired) electrons. The monoisotopic (exact) mass is 205 g/mol. The molecule has 0 saturated carbocycles. The van der Waals surface area contributed by atoms with Gasteiger partial charge in [0.2, 0.25) is 0 Å². The molecule has 0 bridgehead atoms. The Morgan fingerprint density at radius 3 is 2.80 bits per heavy atom. The van der Waals surface area contributed by atoms with Gasteiger partial charge in [0.1, 0.15) is 5.75 Å². The van der Waals surface area contributed by atoms with Crippen molar-refractivity contribution in [1.29, 1.82) is 0 Å². The smallest absolute Gasteiger partial charge is 0.119 e. The lowest BCUT2D eigenvalue weighted by atomic mass is 10.0. The van der Waals surface area contributed by atoms with Gasteiger partial charge < -0.3 is 10.1 Å². The van der Waals surface area contributed by atoms with E-state index in [9.17, 15) is 0 Å². The molecule has 1 aromatic rings. The van der Waals surface area contributed by atoms with Crippen molar-refractivity contribution in [2.45, 2.75) is 19.9 Å².